The molecule has 33 heavy (non-hydrogen) atoms. The van der Waals surface area contributed by atoms with Gasteiger partial charge in [0, 0.05) is 41.2 Å². The number of nitrogens with one attached hydrogen (secondary N) is 1. The van der Waals surface area contributed by atoms with Crippen molar-refractivity contribution in [3.63, 3.8) is 0 Å². The van der Waals surface area contributed by atoms with Crippen LogP contribution in [0.5, 0.6) is 0 Å². The van der Waals surface area contributed by atoms with E-state index in [9.17, 15) is 10.1 Å². The maximum Gasteiger partial charge on any atom is 0.292 e. The smallest absolute Gasteiger partial charge is 0.292 e. The van der Waals surface area contributed by atoms with E-state index in [2.05, 4.69) is 17.1 Å². The van der Waals surface area contributed by atoms with Crippen LogP contribution in [0.15, 0.2) is 66.7 Å². The van der Waals surface area contributed by atoms with Crippen LogP contribution in [0, 0.1) is 10.1 Å². The van der Waals surface area contributed by atoms with Crippen molar-refractivity contribution < 1.29 is 4.92 Å². The van der Waals surface area contributed by atoms with E-state index in [4.69, 9.17) is 23.2 Å². The van der Waals surface area contributed by atoms with Crippen molar-refractivity contribution in [1.29, 1.82) is 0 Å². The Morgan fingerprint density at radius 1 is 0.939 bits per heavy atom. The number of benzene rings is 3. The van der Waals surface area contributed by atoms with Crippen LogP contribution < -0.4 is 5.32 Å². The average molecular weight is 484 g/mol. The van der Waals surface area contributed by atoms with E-state index in [0.717, 1.165) is 49.2 Å². The SMILES string of the molecule is CCN1CCC(Nc2cc(C(c3ccc(Cl)cc3)c3ccc(Cl)cc3)ccc2[N+](=O)[O-])CC1. The molecule has 0 bridgehead atoms. The maximum absolute atomic E-state index is 11.8. The number of nitrogens with zero attached hydrogens (tertiary/aromatic N) is 2. The molecule has 3 aromatic rings. The molecule has 0 unspecified atom stereocenters. The molecule has 0 amide bonds. The van der Waals surface area contributed by atoms with Crippen LogP contribution in [0.2, 0.25) is 10.0 Å². The molecule has 0 atom stereocenters. The highest BCUT2D eigenvalue weighted by Crippen LogP contribution is 2.37. The summed E-state index contributed by atoms with van der Waals surface area (Å²) in [7, 11) is 0. The zero-order valence-electron chi connectivity index (χ0n) is 18.5. The molecule has 0 radical (unpaired) electrons. The topological polar surface area (TPSA) is 58.4 Å². The number of piperidine rings is 1. The minimum Gasteiger partial charge on any atom is -0.377 e. The Bertz CT molecular complexity index is 1050. The molecule has 172 valence electrons. The van der Waals surface area contributed by atoms with Crippen molar-refractivity contribution in [3.8, 4) is 0 Å². The average Bonchev–Trinajstić information content (AvgIpc) is 2.82. The molecule has 3 aromatic carbocycles. The minimum atomic E-state index is -0.313. The van der Waals surface area contributed by atoms with Gasteiger partial charge in [0.05, 0.1) is 4.92 Å². The molecule has 4 rings (SSSR count). The first-order chi connectivity index (χ1) is 15.9. The third kappa shape index (κ3) is 5.67. The molecule has 0 saturated carbocycles. The van der Waals surface area contributed by atoms with Gasteiger partial charge in [0.25, 0.3) is 5.69 Å². The summed E-state index contributed by atoms with van der Waals surface area (Å²) < 4.78 is 0. The summed E-state index contributed by atoms with van der Waals surface area (Å²) in [4.78, 5) is 13.9. The summed E-state index contributed by atoms with van der Waals surface area (Å²) in [6.45, 7) is 5.20. The Labute approximate surface area is 204 Å². The summed E-state index contributed by atoms with van der Waals surface area (Å²) in [6, 6.07) is 21.1. The van der Waals surface area contributed by atoms with Crippen LogP contribution in [-0.2, 0) is 0 Å². The first-order valence-corrected chi connectivity index (χ1v) is 12.0. The summed E-state index contributed by atoms with van der Waals surface area (Å²) in [5.74, 6) is -0.108. The Kier molecular flexibility index (Phi) is 7.53. The van der Waals surface area contributed by atoms with Gasteiger partial charge in [0.15, 0.2) is 0 Å². The summed E-state index contributed by atoms with van der Waals surface area (Å²) in [5, 5.41) is 16.6. The van der Waals surface area contributed by atoms with Crippen molar-refractivity contribution in [1.82, 2.24) is 4.90 Å². The fourth-order valence-electron chi connectivity index (χ4n) is 4.51. The molecular formula is C26H27Cl2N3O2. The van der Waals surface area contributed by atoms with Gasteiger partial charge in [-0.1, -0.05) is 60.5 Å². The molecule has 1 saturated heterocycles. The molecule has 1 fully saturated rings. The van der Waals surface area contributed by atoms with Crippen molar-refractivity contribution in [2.45, 2.75) is 31.7 Å². The van der Waals surface area contributed by atoms with E-state index < -0.39 is 0 Å². The van der Waals surface area contributed by atoms with E-state index in [-0.39, 0.29) is 22.6 Å². The van der Waals surface area contributed by atoms with E-state index in [1.54, 1.807) is 6.07 Å². The van der Waals surface area contributed by atoms with Gasteiger partial charge >= 0.3 is 0 Å². The molecule has 0 aliphatic carbocycles. The predicted molar refractivity (Wildman–Crippen MR) is 136 cm³/mol. The van der Waals surface area contributed by atoms with Crippen molar-refractivity contribution in [2.75, 3.05) is 25.0 Å². The lowest BCUT2D eigenvalue weighted by atomic mass is 9.85. The maximum atomic E-state index is 11.8. The first kappa shape index (κ1) is 23.6. The number of anilines is 1. The van der Waals surface area contributed by atoms with Gasteiger partial charge in [0.2, 0.25) is 0 Å². The Balaban J connectivity index is 1.72. The molecule has 1 N–H and O–H groups in total. The quantitative estimate of drug-likeness (QED) is 0.223. The van der Waals surface area contributed by atoms with Crippen LogP contribution in [0.3, 0.4) is 0 Å². The molecule has 5 nitrogen and oxygen atoms in total. The van der Waals surface area contributed by atoms with Crippen LogP contribution in [0.25, 0.3) is 0 Å². The molecule has 1 aliphatic rings. The third-order valence-corrected chi connectivity index (χ3v) is 6.86. The molecule has 1 aliphatic heterocycles. The highest BCUT2D eigenvalue weighted by molar-refractivity contribution is 6.30. The zero-order valence-corrected chi connectivity index (χ0v) is 20.0. The summed E-state index contributed by atoms with van der Waals surface area (Å²) >= 11 is 12.3. The monoisotopic (exact) mass is 483 g/mol. The van der Waals surface area contributed by atoms with Gasteiger partial charge < -0.3 is 10.2 Å². The molecule has 1 heterocycles. The Hall–Kier alpha value is -2.60. The van der Waals surface area contributed by atoms with Crippen LogP contribution in [-0.4, -0.2) is 35.5 Å². The normalized spacial score (nSPS) is 15.0. The van der Waals surface area contributed by atoms with Crippen molar-refractivity contribution >= 4 is 34.6 Å². The van der Waals surface area contributed by atoms with Crippen LogP contribution >= 0.6 is 23.2 Å². The number of likely N-dealkylation sites (tertiary alicyclic amines) is 1. The predicted octanol–water partition coefficient (Wildman–Crippen LogP) is 6.98. The van der Waals surface area contributed by atoms with Gasteiger partial charge in [-0.15, -0.1) is 0 Å². The van der Waals surface area contributed by atoms with E-state index in [1.807, 2.05) is 60.7 Å². The lowest BCUT2D eigenvalue weighted by Crippen LogP contribution is -2.38. The number of nitro benzene ring substituents is 1. The van der Waals surface area contributed by atoms with Gasteiger partial charge in [-0.3, -0.25) is 10.1 Å². The Morgan fingerprint density at radius 3 is 1.94 bits per heavy atom. The largest absolute Gasteiger partial charge is 0.377 e. The highest BCUT2D eigenvalue weighted by Gasteiger charge is 2.24. The molecular weight excluding hydrogens is 457 g/mol. The second-order valence-electron chi connectivity index (χ2n) is 8.42. The van der Waals surface area contributed by atoms with Crippen LogP contribution in [0.1, 0.15) is 42.4 Å². The lowest BCUT2D eigenvalue weighted by Gasteiger charge is -2.32. The minimum absolute atomic E-state index is 0.0997. The number of hydrogen-bond donors (Lipinski definition) is 1. The van der Waals surface area contributed by atoms with Crippen molar-refractivity contribution in [2.24, 2.45) is 0 Å². The second-order valence-corrected chi connectivity index (χ2v) is 9.30. The lowest BCUT2D eigenvalue weighted by molar-refractivity contribution is -0.384. The summed E-state index contributed by atoms with van der Waals surface area (Å²) in [6.07, 6.45) is 1.93. The first-order valence-electron chi connectivity index (χ1n) is 11.2. The van der Waals surface area contributed by atoms with Gasteiger partial charge in [-0.2, -0.15) is 0 Å². The number of nitro groups is 1. The number of hydrogen-bond acceptors (Lipinski definition) is 4. The van der Waals surface area contributed by atoms with Crippen LogP contribution in [0.4, 0.5) is 11.4 Å². The highest BCUT2D eigenvalue weighted by atomic mass is 35.5. The number of rotatable bonds is 7. The number of halogens is 2. The summed E-state index contributed by atoms with van der Waals surface area (Å²) in [5.41, 5.74) is 3.75. The molecule has 0 spiro atoms. The standard InChI is InChI=1S/C26H27Cl2N3O2/c1-2-30-15-13-23(14-16-30)29-24-17-20(7-12-25(24)31(32)33)26(18-3-8-21(27)9-4-18)19-5-10-22(28)11-6-19/h3-12,17,23,26,29H,2,13-16H2,1H3. The third-order valence-electron chi connectivity index (χ3n) is 6.35. The fraction of sp³-hybridized carbons (Fsp3) is 0.308. The van der Waals surface area contributed by atoms with E-state index in [0.29, 0.717) is 15.7 Å². The van der Waals surface area contributed by atoms with E-state index in [1.165, 1.54) is 0 Å². The zero-order chi connectivity index (χ0) is 23.4. The van der Waals surface area contributed by atoms with E-state index >= 15 is 0 Å². The Morgan fingerprint density at radius 2 is 1.45 bits per heavy atom. The van der Waals surface area contributed by atoms with Gasteiger partial charge in [-0.25, -0.2) is 0 Å². The van der Waals surface area contributed by atoms with Gasteiger partial charge in [-0.05, 0) is 66.4 Å². The second kappa shape index (κ2) is 10.6. The van der Waals surface area contributed by atoms with Gasteiger partial charge in [0.1, 0.15) is 5.69 Å². The fourth-order valence-corrected chi connectivity index (χ4v) is 4.76. The molecule has 7 heteroatoms. The van der Waals surface area contributed by atoms with Crippen molar-refractivity contribution in [3.05, 3.63) is 104 Å². The molecule has 0 aromatic heterocycles.